The van der Waals surface area contributed by atoms with Gasteiger partial charge in [0, 0.05) is 6.04 Å². The molecule has 1 atom stereocenters. The van der Waals surface area contributed by atoms with Gasteiger partial charge >= 0.3 is 0 Å². The Morgan fingerprint density at radius 3 is 2.67 bits per heavy atom. The molecule has 4 nitrogen and oxygen atoms in total. The largest absolute Gasteiger partial charge is 0.496 e. The van der Waals surface area contributed by atoms with Gasteiger partial charge in [-0.1, -0.05) is 17.7 Å². The number of nitrogens with zero attached hydrogens (tertiary/aromatic N) is 2. The second-order valence-electron chi connectivity index (χ2n) is 4.99. The lowest BCUT2D eigenvalue weighted by atomic mass is 10.0. The lowest BCUT2D eigenvalue weighted by Gasteiger charge is -2.23. The molecule has 21 heavy (non-hydrogen) atoms. The van der Waals surface area contributed by atoms with Crippen LogP contribution in [0.4, 0.5) is 4.39 Å². The van der Waals surface area contributed by atoms with E-state index in [0.29, 0.717) is 16.3 Å². The van der Waals surface area contributed by atoms with E-state index in [1.165, 1.54) is 13.2 Å². The maximum absolute atomic E-state index is 14.3. The van der Waals surface area contributed by atoms with Crippen LogP contribution in [-0.2, 0) is 0 Å². The van der Waals surface area contributed by atoms with Gasteiger partial charge in [0.2, 0.25) is 0 Å². The number of aromatic nitrogens is 2. The summed E-state index contributed by atoms with van der Waals surface area (Å²) in [6.45, 7) is 4.00. The molecule has 2 aromatic rings. The Labute approximate surface area is 128 Å². The molecule has 0 aliphatic heterocycles. The van der Waals surface area contributed by atoms with Crippen molar-refractivity contribution in [2.75, 3.05) is 14.2 Å². The summed E-state index contributed by atoms with van der Waals surface area (Å²) in [7, 11) is 3.27. The number of methoxy groups -OCH3 is 1. The zero-order valence-corrected chi connectivity index (χ0v) is 13.3. The Kier molecular flexibility index (Phi) is 4.85. The van der Waals surface area contributed by atoms with E-state index in [-0.39, 0.29) is 11.9 Å². The molecule has 0 radical (unpaired) electrons. The number of rotatable bonds is 5. The average Bonchev–Trinajstić information content (AvgIpc) is 2.83. The first kappa shape index (κ1) is 15.8. The molecule has 0 bridgehead atoms. The first-order chi connectivity index (χ1) is 10.0. The van der Waals surface area contributed by atoms with E-state index in [1.807, 2.05) is 13.8 Å². The van der Waals surface area contributed by atoms with Gasteiger partial charge in [-0.25, -0.2) is 4.39 Å². The summed E-state index contributed by atoms with van der Waals surface area (Å²) in [6, 6.07) is 4.42. The van der Waals surface area contributed by atoms with Crippen LogP contribution in [0.1, 0.15) is 37.2 Å². The lowest BCUT2D eigenvalue weighted by Crippen LogP contribution is -2.24. The minimum absolute atomic E-state index is 0.112. The van der Waals surface area contributed by atoms with Crippen LogP contribution < -0.4 is 10.1 Å². The zero-order chi connectivity index (χ0) is 15.6. The summed E-state index contributed by atoms with van der Waals surface area (Å²) in [4.78, 5) is 0. The number of hydrogen-bond acceptors (Lipinski definition) is 3. The van der Waals surface area contributed by atoms with E-state index in [4.69, 9.17) is 16.3 Å². The van der Waals surface area contributed by atoms with Crippen LogP contribution in [0.15, 0.2) is 24.4 Å². The fourth-order valence-corrected chi connectivity index (χ4v) is 2.66. The number of hydrogen-bond donors (Lipinski definition) is 1. The fraction of sp³-hybridized carbons (Fsp3) is 0.400. The highest BCUT2D eigenvalue weighted by Gasteiger charge is 2.27. The highest BCUT2D eigenvalue weighted by atomic mass is 35.5. The molecule has 1 N–H and O–H groups in total. The Morgan fingerprint density at radius 1 is 1.38 bits per heavy atom. The van der Waals surface area contributed by atoms with Gasteiger partial charge in [-0.2, -0.15) is 5.10 Å². The highest BCUT2D eigenvalue weighted by Crippen LogP contribution is 2.36. The second-order valence-corrected chi connectivity index (χ2v) is 5.40. The van der Waals surface area contributed by atoms with E-state index >= 15 is 0 Å². The van der Waals surface area contributed by atoms with E-state index < -0.39 is 6.04 Å². The van der Waals surface area contributed by atoms with Gasteiger partial charge in [0.25, 0.3) is 0 Å². The van der Waals surface area contributed by atoms with Crippen molar-refractivity contribution in [3.8, 4) is 5.75 Å². The minimum atomic E-state index is -0.446. The van der Waals surface area contributed by atoms with Crippen LogP contribution in [0.5, 0.6) is 5.75 Å². The molecular formula is C15H19ClFN3O. The van der Waals surface area contributed by atoms with Crippen molar-refractivity contribution in [1.29, 1.82) is 0 Å². The van der Waals surface area contributed by atoms with Crippen LogP contribution in [0.2, 0.25) is 5.02 Å². The molecule has 0 spiro atoms. The molecular weight excluding hydrogens is 293 g/mol. The van der Waals surface area contributed by atoms with Gasteiger partial charge in [0.1, 0.15) is 11.6 Å². The number of halogens is 2. The summed E-state index contributed by atoms with van der Waals surface area (Å²) in [5.41, 5.74) is 1.14. The maximum atomic E-state index is 14.3. The third-order valence-corrected chi connectivity index (χ3v) is 3.65. The van der Waals surface area contributed by atoms with Crippen LogP contribution in [0, 0.1) is 5.82 Å². The topological polar surface area (TPSA) is 39.1 Å². The van der Waals surface area contributed by atoms with Crippen molar-refractivity contribution in [1.82, 2.24) is 15.1 Å². The second kappa shape index (κ2) is 6.45. The smallest absolute Gasteiger partial charge is 0.132 e. The van der Waals surface area contributed by atoms with Gasteiger partial charge in [-0.3, -0.25) is 4.68 Å². The molecule has 0 fully saturated rings. The molecule has 1 aromatic heterocycles. The van der Waals surface area contributed by atoms with E-state index in [2.05, 4.69) is 10.4 Å². The highest BCUT2D eigenvalue weighted by molar-refractivity contribution is 6.31. The van der Waals surface area contributed by atoms with Crippen LogP contribution in [0.25, 0.3) is 0 Å². The summed E-state index contributed by atoms with van der Waals surface area (Å²) in [5, 5.41) is 7.88. The predicted molar refractivity (Wildman–Crippen MR) is 81.5 cm³/mol. The van der Waals surface area contributed by atoms with Crippen LogP contribution >= 0.6 is 11.6 Å². The van der Waals surface area contributed by atoms with Crippen molar-refractivity contribution in [3.63, 3.8) is 0 Å². The number of ether oxygens (including phenoxy) is 1. The van der Waals surface area contributed by atoms with Crippen molar-refractivity contribution in [3.05, 3.63) is 46.5 Å². The summed E-state index contributed by atoms with van der Waals surface area (Å²) in [6.07, 6.45) is 1.58. The van der Waals surface area contributed by atoms with Crippen molar-refractivity contribution >= 4 is 11.6 Å². The molecule has 114 valence electrons. The van der Waals surface area contributed by atoms with Crippen molar-refractivity contribution < 1.29 is 9.13 Å². The monoisotopic (exact) mass is 311 g/mol. The standard InChI is InChI=1S/C15H19ClFN3O/c1-9(2)20-15(10(16)8-19-20)14(18-3)13-11(17)6-5-7-12(13)21-4/h5-9,14,18H,1-4H3. The molecule has 1 heterocycles. The van der Waals surface area contributed by atoms with E-state index in [1.54, 1.807) is 30.1 Å². The molecule has 0 saturated carbocycles. The number of nitrogens with one attached hydrogen (secondary N) is 1. The third-order valence-electron chi connectivity index (χ3n) is 3.36. The maximum Gasteiger partial charge on any atom is 0.132 e. The Bertz CT molecular complexity index is 627. The first-order valence-corrected chi connectivity index (χ1v) is 7.11. The molecule has 1 aromatic carbocycles. The van der Waals surface area contributed by atoms with Crippen LogP contribution in [-0.4, -0.2) is 23.9 Å². The normalized spacial score (nSPS) is 12.7. The molecule has 1 unspecified atom stereocenters. The molecule has 0 amide bonds. The van der Waals surface area contributed by atoms with Gasteiger partial charge in [0.15, 0.2) is 0 Å². The molecule has 2 rings (SSSR count). The first-order valence-electron chi connectivity index (χ1n) is 6.73. The van der Waals surface area contributed by atoms with E-state index in [0.717, 1.165) is 5.69 Å². The van der Waals surface area contributed by atoms with Crippen molar-refractivity contribution in [2.45, 2.75) is 25.9 Å². The number of benzene rings is 1. The zero-order valence-electron chi connectivity index (χ0n) is 12.5. The van der Waals surface area contributed by atoms with Gasteiger partial charge in [-0.15, -0.1) is 0 Å². The minimum Gasteiger partial charge on any atom is -0.496 e. The fourth-order valence-electron chi connectivity index (χ4n) is 2.43. The molecule has 0 aliphatic rings. The van der Waals surface area contributed by atoms with Crippen molar-refractivity contribution in [2.24, 2.45) is 0 Å². The summed E-state index contributed by atoms with van der Waals surface area (Å²) < 4.78 is 21.4. The summed E-state index contributed by atoms with van der Waals surface area (Å²) >= 11 is 6.27. The third kappa shape index (κ3) is 2.89. The van der Waals surface area contributed by atoms with Gasteiger partial charge in [0.05, 0.1) is 35.6 Å². The van der Waals surface area contributed by atoms with Gasteiger partial charge < -0.3 is 10.1 Å². The predicted octanol–water partition coefficient (Wildman–Crippen LogP) is 3.57. The summed E-state index contributed by atoms with van der Waals surface area (Å²) in [5.74, 6) is 0.128. The Balaban J connectivity index is 2.63. The Morgan fingerprint density at radius 2 is 2.10 bits per heavy atom. The van der Waals surface area contributed by atoms with Gasteiger partial charge in [-0.05, 0) is 33.0 Å². The SMILES string of the molecule is CNC(c1c(F)cccc1OC)c1c(Cl)cnn1C(C)C. The molecule has 0 aliphatic carbocycles. The van der Waals surface area contributed by atoms with Crippen LogP contribution in [0.3, 0.4) is 0 Å². The van der Waals surface area contributed by atoms with E-state index in [9.17, 15) is 4.39 Å². The average molecular weight is 312 g/mol. The molecule has 6 heteroatoms. The molecule has 0 saturated heterocycles. The quantitative estimate of drug-likeness (QED) is 0.917. The lowest BCUT2D eigenvalue weighted by molar-refractivity contribution is 0.394. The Hall–Kier alpha value is -1.59.